The van der Waals surface area contributed by atoms with E-state index < -0.39 is 0 Å². The van der Waals surface area contributed by atoms with Gasteiger partial charge in [0, 0.05) is 11.7 Å². The predicted octanol–water partition coefficient (Wildman–Crippen LogP) is 1.94. The molecule has 1 rings (SSSR count). The molecule has 0 saturated carbocycles. The molecule has 0 atom stereocenters. The topological polar surface area (TPSA) is 12.5 Å². The highest BCUT2D eigenvalue weighted by Crippen LogP contribution is 2.20. The number of rotatable bonds is 0. The van der Waals surface area contributed by atoms with Crippen molar-refractivity contribution in [3.8, 4) is 0 Å². The van der Waals surface area contributed by atoms with Crippen molar-refractivity contribution in [2.24, 2.45) is 0 Å². The van der Waals surface area contributed by atoms with Crippen LogP contribution in [0, 0.1) is 0 Å². The van der Waals surface area contributed by atoms with Gasteiger partial charge in [0.25, 0.3) is 0 Å². The van der Waals surface area contributed by atoms with Crippen LogP contribution in [-0.4, -0.2) is 17.2 Å². The lowest BCUT2D eigenvalue weighted by molar-refractivity contribution is 0.0938. The molecule has 0 unspecified atom stereocenters. The molecular weight excluding hydrogens is 126 g/mol. The molecule has 2 nitrogen and oxygen atoms in total. The van der Waals surface area contributed by atoms with E-state index >= 15 is 0 Å². The van der Waals surface area contributed by atoms with Gasteiger partial charge in [0.15, 0.2) is 6.73 Å². The van der Waals surface area contributed by atoms with Gasteiger partial charge in [-0.3, -0.25) is 0 Å². The van der Waals surface area contributed by atoms with Gasteiger partial charge < -0.3 is 9.64 Å². The first-order valence-corrected chi connectivity index (χ1v) is 3.58. The summed E-state index contributed by atoms with van der Waals surface area (Å²) in [5.41, 5.74) is 0.192. The molecule has 0 aromatic rings. The molecular formula is C8H15NO. The van der Waals surface area contributed by atoms with E-state index in [4.69, 9.17) is 4.74 Å². The Hall–Kier alpha value is -0.660. The second-order valence-corrected chi connectivity index (χ2v) is 3.65. The molecule has 58 valence electrons. The van der Waals surface area contributed by atoms with Crippen LogP contribution in [0.25, 0.3) is 0 Å². The van der Waals surface area contributed by atoms with Crippen LogP contribution in [0.4, 0.5) is 0 Å². The molecule has 1 aliphatic heterocycles. The van der Waals surface area contributed by atoms with Crippen LogP contribution in [0.3, 0.4) is 0 Å². The lowest BCUT2D eigenvalue weighted by atomic mass is 10.1. The quantitative estimate of drug-likeness (QED) is 0.511. The van der Waals surface area contributed by atoms with E-state index in [1.165, 1.54) is 0 Å². The lowest BCUT2D eigenvalue weighted by Gasteiger charge is -2.29. The van der Waals surface area contributed by atoms with E-state index in [2.05, 4.69) is 31.9 Å². The van der Waals surface area contributed by atoms with E-state index in [1.807, 2.05) is 6.92 Å². The SMILES string of the molecule is CC1=CN(C(C)(C)C)CO1. The van der Waals surface area contributed by atoms with E-state index in [0.717, 1.165) is 5.76 Å². The number of nitrogens with zero attached hydrogens (tertiary/aromatic N) is 1. The Kier molecular flexibility index (Phi) is 1.63. The maximum absolute atomic E-state index is 5.28. The number of hydrogen-bond acceptors (Lipinski definition) is 2. The number of allylic oxidation sites excluding steroid dienone is 1. The highest BCUT2D eigenvalue weighted by molar-refractivity contribution is 4.97. The van der Waals surface area contributed by atoms with Gasteiger partial charge in [-0.1, -0.05) is 0 Å². The zero-order chi connectivity index (χ0) is 7.78. The van der Waals surface area contributed by atoms with E-state index in [1.54, 1.807) is 0 Å². The molecule has 2 heteroatoms. The van der Waals surface area contributed by atoms with Crippen molar-refractivity contribution in [3.63, 3.8) is 0 Å². The first-order valence-electron chi connectivity index (χ1n) is 3.58. The Morgan fingerprint density at radius 2 is 2.10 bits per heavy atom. The molecule has 0 fully saturated rings. The fourth-order valence-corrected chi connectivity index (χ4v) is 0.853. The summed E-state index contributed by atoms with van der Waals surface area (Å²) in [5.74, 6) is 1.01. The summed E-state index contributed by atoms with van der Waals surface area (Å²) in [5, 5.41) is 0. The molecule has 1 heterocycles. The second-order valence-electron chi connectivity index (χ2n) is 3.65. The van der Waals surface area contributed by atoms with Crippen molar-refractivity contribution in [3.05, 3.63) is 12.0 Å². The first-order chi connectivity index (χ1) is 4.50. The Morgan fingerprint density at radius 3 is 2.30 bits per heavy atom. The van der Waals surface area contributed by atoms with Gasteiger partial charge >= 0.3 is 0 Å². The molecule has 0 spiro atoms. The van der Waals surface area contributed by atoms with Gasteiger partial charge in [-0.25, -0.2) is 0 Å². The zero-order valence-corrected chi connectivity index (χ0v) is 7.14. The van der Waals surface area contributed by atoms with Crippen LogP contribution in [0.15, 0.2) is 12.0 Å². The average molecular weight is 141 g/mol. The Labute approximate surface area is 62.5 Å². The highest BCUT2D eigenvalue weighted by atomic mass is 16.5. The van der Waals surface area contributed by atoms with Gasteiger partial charge in [-0.2, -0.15) is 0 Å². The summed E-state index contributed by atoms with van der Waals surface area (Å²) < 4.78 is 5.28. The van der Waals surface area contributed by atoms with Crippen molar-refractivity contribution in [2.45, 2.75) is 33.2 Å². The minimum absolute atomic E-state index is 0.192. The van der Waals surface area contributed by atoms with Gasteiger partial charge in [0.2, 0.25) is 0 Å². The Bertz CT molecular complexity index is 155. The summed E-state index contributed by atoms with van der Waals surface area (Å²) in [6.07, 6.45) is 2.06. The van der Waals surface area contributed by atoms with Gasteiger partial charge in [-0.05, 0) is 27.7 Å². The largest absolute Gasteiger partial charge is 0.476 e. The molecule has 0 aromatic heterocycles. The maximum atomic E-state index is 5.28. The van der Waals surface area contributed by atoms with Gasteiger partial charge in [0.05, 0.1) is 0 Å². The van der Waals surface area contributed by atoms with Crippen molar-refractivity contribution in [1.29, 1.82) is 0 Å². The summed E-state index contributed by atoms with van der Waals surface area (Å²) in [4.78, 5) is 2.18. The third-order valence-corrected chi connectivity index (χ3v) is 1.63. The third kappa shape index (κ3) is 1.43. The standard InChI is InChI=1S/C8H15NO/c1-7-5-9(6-10-7)8(2,3)4/h5H,6H2,1-4H3. The maximum Gasteiger partial charge on any atom is 0.161 e. The van der Waals surface area contributed by atoms with Crippen LogP contribution in [-0.2, 0) is 4.74 Å². The van der Waals surface area contributed by atoms with Crippen molar-refractivity contribution in [1.82, 2.24) is 4.90 Å². The summed E-state index contributed by atoms with van der Waals surface area (Å²) >= 11 is 0. The Balaban J connectivity index is 2.61. The van der Waals surface area contributed by atoms with E-state index in [9.17, 15) is 0 Å². The smallest absolute Gasteiger partial charge is 0.161 e. The van der Waals surface area contributed by atoms with Gasteiger partial charge in [-0.15, -0.1) is 0 Å². The summed E-state index contributed by atoms with van der Waals surface area (Å²) in [6.45, 7) is 9.20. The molecule has 0 N–H and O–H groups in total. The second kappa shape index (κ2) is 2.19. The number of hydrogen-bond donors (Lipinski definition) is 0. The fraction of sp³-hybridized carbons (Fsp3) is 0.750. The van der Waals surface area contributed by atoms with Crippen LogP contribution >= 0.6 is 0 Å². The third-order valence-electron chi connectivity index (χ3n) is 1.63. The van der Waals surface area contributed by atoms with Crippen LogP contribution in [0.5, 0.6) is 0 Å². The molecule has 0 radical (unpaired) electrons. The van der Waals surface area contributed by atoms with E-state index in [-0.39, 0.29) is 5.54 Å². The molecule has 0 amide bonds. The monoisotopic (exact) mass is 141 g/mol. The molecule has 0 aliphatic carbocycles. The minimum Gasteiger partial charge on any atom is -0.476 e. The van der Waals surface area contributed by atoms with Crippen molar-refractivity contribution < 1.29 is 4.74 Å². The summed E-state index contributed by atoms with van der Waals surface area (Å²) in [7, 11) is 0. The van der Waals surface area contributed by atoms with Crippen molar-refractivity contribution >= 4 is 0 Å². The average Bonchev–Trinajstić information content (AvgIpc) is 2.11. The van der Waals surface area contributed by atoms with Crippen molar-refractivity contribution in [2.75, 3.05) is 6.73 Å². The first kappa shape index (κ1) is 7.45. The Morgan fingerprint density at radius 1 is 1.50 bits per heavy atom. The van der Waals surface area contributed by atoms with Gasteiger partial charge in [0.1, 0.15) is 5.76 Å². The molecule has 0 saturated heterocycles. The molecule has 1 aliphatic rings. The van der Waals surface area contributed by atoms with Crippen LogP contribution in [0.1, 0.15) is 27.7 Å². The van der Waals surface area contributed by atoms with E-state index in [0.29, 0.717) is 6.73 Å². The molecule has 0 bridgehead atoms. The minimum atomic E-state index is 0.192. The zero-order valence-electron chi connectivity index (χ0n) is 7.14. The normalized spacial score (nSPS) is 18.8. The summed E-state index contributed by atoms with van der Waals surface area (Å²) in [6, 6.07) is 0. The highest BCUT2D eigenvalue weighted by Gasteiger charge is 2.22. The molecule has 0 aromatic carbocycles. The predicted molar refractivity (Wildman–Crippen MR) is 41.3 cm³/mol. The fourth-order valence-electron chi connectivity index (χ4n) is 0.853. The lowest BCUT2D eigenvalue weighted by Crippen LogP contribution is -2.35. The van der Waals surface area contributed by atoms with Crippen LogP contribution < -0.4 is 0 Å². The van der Waals surface area contributed by atoms with Crippen LogP contribution in [0.2, 0.25) is 0 Å². The number of ether oxygens (including phenoxy) is 1. The molecule has 10 heavy (non-hydrogen) atoms.